The van der Waals surface area contributed by atoms with Crippen molar-refractivity contribution >= 4 is 11.9 Å². The Bertz CT molecular complexity index is 225. The number of likely N-dealkylation sites (tertiary alicyclic amines) is 1. The Labute approximate surface area is 77.2 Å². The zero-order valence-corrected chi connectivity index (χ0v) is 7.49. The van der Waals surface area contributed by atoms with E-state index >= 15 is 0 Å². The first-order chi connectivity index (χ1) is 6.24. The second-order valence-corrected chi connectivity index (χ2v) is 2.86. The lowest BCUT2D eigenvalue weighted by molar-refractivity contribution is -0.140. The lowest BCUT2D eigenvalue weighted by Gasteiger charge is -2.14. The fourth-order valence-electron chi connectivity index (χ4n) is 1.26. The molecule has 1 fully saturated rings. The van der Waals surface area contributed by atoms with Gasteiger partial charge in [-0.05, 0) is 6.42 Å². The SMILES string of the molecule is C=CC(=O)OCCN1CCCC1=O. The van der Waals surface area contributed by atoms with Crippen LogP contribution in [0.3, 0.4) is 0 Å². The lowest BCUT2D eigenvalue weighted by atomic mass is 10.4. The molecule has 0 aromatic rings. The standard InChI is InChI=1S/C9H13NO3/c1-2-9(12)13-7-6-10-5-3-4-8(10)11/h2H,1,3-7H2. The predicted molar refractivity (Wildman–Crippen MR) is 47.0 cm³/mol. The maximum absolute atomic E-state index is 11.1. The summed E-state index contributed by atoms with van der Waals surface area (Å²) in [6, 6.07) is 0. The van der Waals surface area contributed by atoms with E-state index in [4.69, 9.17) is 4.74 Å². The predicted octanol–water partition coefficient (Wildman–Crippen LogP) is 0.338. The number of carbonyl (C=O) groups excluding carboxylic acids is 2. The van der Waals surface area contributed by atoms with E-state index in [1.54, 1.807) is 4.90 Å². The van der Waals surface area contributed by atoms with E-state index in [-0.39, 0.29) is 12.5 Å². The first-order valence-electron chi connectivity index (χ1n) is 4.31. The smallest absolute Gasteiger partial charge is 0.330 e. The van der Waals surface area contributed by atoms with Crippen LogP contribution in [-0.2, 0) is 14.3 Å². The molecule has 1 saturated heterocycles. The summed E-state index contributed by atoms with van der Waals surface area (Å²) in [6.07, 6.45) is 2.65. The van der Waals surface area contributed by atoms with Crippen molar-refractivity contribution < 1.29 is 14.3 Å². The number of hydrogen-bond acceptors (Lipinski definition) is 3. The summed E-state index contributed by atoms with van der Waals surface area (Å²) in [5, 5.41) is 0. The highest BCUT2D eigenvalue weighted by atomic mass is 16.5. The molecule has 0 N–H and O–H groups in total. The molecule has 1 aliphatic rings. The Balaban J connectivity index is 2.15. The Morgan fingerprint density at radius 2 is 2.46 bits per heavy atom. The second kappa shape index (κ2) is 4.64. The van der Waals surface area contributed by atoms with Crippen molar-refractivity contribution in [1.82, 2.24) is 4.90 Å². The van der Waals surface area contributed by atoms with Gasteiger partial charge in [-0.15, -0.1) is 0 Å². The molecule has 0 aromatic carbocycles. The fraction of sp³-hybridized carbons (Fsp3) is 0.556. The lowest BCUT2D eigenvalue weighted by Crippen LogP contribution is -2.29. The number of nitrogens with zero attached hydrogens (tertiary/aromatic N) is 1. The van der Waals surface area contributed by atoms with Crippen LogP contribution >= 0.6 is 0 Å². The van der Waals surface area contributed by atoms with Crippen molar-refractivity contribution in [2.24, 2.45) is 0 Å². The Kier molecular flexibility index (Phi) is 3.49. The zero-order chi connectivity index (χ0) is 9.68. The molecular formula is C9H13NO3. The van der Waals surface area contributed by atoms with Crippen molar-refractivity contribution in [1.29, 1.82) is 0 Å². The van der Waals surface area contributed by atoms with Gasteiger partial charge in [0.15, 0.2) is 0 Å². The van der Waals surface area contributed by atoms with E-state index in [0.29, 0.717) is 13.0 Å². The quantitative estimate of drug-likeness (QED) is 0.466. The highest BCUT2D eigenvalue weighted by Gasteiger charge is 2.19. The molecule has 0 radical (unpaired) electrons. The number of hydrogen-bond donors (Lipinski definition) is 0. The largest absolute Gasteiger partial charge is 0.461 e. The van der Waals surface area contributed by atoms with Crippen LogP contribution in [0.2, 0.25) is 0 Å². The van der Waals surface area contributed by atoms with Crippen LogP contribution in [-0.4, -0.2) is 36.5 Å². The molecule has 1 aliphatic heterocycles. The fourth-order valence-corrected chi connectivity index (χ4v) is 1.26. The molecule has 4 nitrogen and oxygen atoms in total. The number of esters is 1. The minimum atomic E-state index is -0.438. The molecule has 0 spiro atoms. The van der Waals surface area contributed by atoms with E-state index in [2.05, 4.69) is 6.58 Å². The molecule has 0 bridgehead atoms. The average molecular weight is 183 g/mol. The van der Waals surface area contributed by atoms with Gasteiger partial charge < -0.3 is 9.64 Å². The Morgan fingerprint density at radius 3 is 3.00 bits per heavy atom. The maximum Gasteiger partial charge on any atom is 0.330 e. The van der Waals surface area contributed by atoms with Gasteiger partial charge in [0, 0.05) is 19.0 Å². The van der Waals surface area contributed by atoms with Gasteiger partial charge in [0.2, 0.25) is 5.91 Å². The van der Waals surface area contributed by atoms with Gasteiger partial charge in [0.05, 0.1) is 6.54 Å². The molecule has 0 aliphatic carbocycles. The van der Waals surface area contributed by atoms with Gasteiger partial charge in [-0.2, -0.15) is 0 Å². The third-order valence-electron chi connectivity index (χ3n) is 1.94. The van der Waals surface area contributed by atoms with Gasteiger partial charge >= 0.3 is 5.97 Å². The number of amides is 1. The molecular weight excluding hydrogens is 170 g/mol. The van der Waals surface area contributed by atoms with Crippen LogP contribution in [0.1, 0.15) is 12.8 Å². The van der Waals surface area contributed by atoms with Crippen molar-refractivity contribution in [3.05, 3.63) is 12.7 Å². The van der Waals surface area contributed by atoms with E-state index in [9.17, 15) is 9.59 Å². The third kappa shape index (κ3) is 2.89. The summed E-state index contributed by atoms with van der Waals surface area (Å²) in [5.74, 6) is -0.290. The van der Waals surface area contributed by atoms with Crippen LogP contribution in [0.25, 0.3) is 0 Å². The monoisotopic (exact) mass is 183 g/mol. The molecule has 0 saturated carbocycles. The van der Waals surface area contributed by atoms with E-state index < -0.39 is 5.97 Å². The molecule has 0 unspecified atom stereocenters. The summed E-state index contributed by atoms with van der Waals surface area (Å²) < 4.78 is 4.75. The highest BCUT2D eigenvalue weighted by molar-refractivity contribution is 5.81. The summed E-state index contributed by atoms with van der Waals surface area (Å²) in [7, 11) is 0. The minimum Gasteiger partial charge on any atom is -0.461 e. The summed E-state index contributed by atoms with van der Waals surface area (Å²) in [5.41, 5.74) is 0. The summed E-state index contributed by atoms with van der Waals surface area (Å²) in [4.78, 5) is 23.4. The number of ether oxygens (including phenoxy) is 1. The normalized spacial score (nSPS) is 16.0. The topological polar surface area (TPSA) is 46.6 Å². The van der Waals surface area contributed by atoms with Gasteiger partial charge in [0.1, 0.15) is 6.61 Å². The van der Waals surface area contributed by atoms with E-state index in [0.717, 1.165) is 19.0 Å². The minimum absolute atomic E-state index is 0.148. The van der Waals surface area contributed by atoms with E-state index in [1.165, 1.54) is 0 Å². The van der Waals surface area contributed by atoms with Crippen molar-refractivity contribution in [3.63, 3.8) is 0 Å². The van der Waals surface area contributed by atoms with Crippen LogP contribution in [0.5, 0.6) is 0 Å². The summed E-state index contributed by atoms with van der Waals surface area (Å²) >= 11 is 0. The average Bonchev–Trinajstić information content (AvgIpc) is 2.52. The van der Waals surface area contributed by atoms with Crippen LogP contribution in [0.15, 0.2) is 12.7 Å². The molecule has 13 heavy (non-hydrogen) atoms. The highest BCUT2D eigenvalue weighted by Crippen LogP contribution is 2.08. The van der Waals surface area contributed by atoms with Gasteiger partial charge in [-0.3, -0.25) is 4.79 Å². The van der Waals surface area contributed by atoms with E-state index in [1.807, 2.05) is 0 Å². The molecule has 1 rings (SSSR count). The molecule has 4 heteroatoms. The molecule has 72 valence electrons. The first-order valence-corrected chi connectivity index (χ1v) is 4.31. The van der Waals surface area contributed by atoms with Gasteiger partial charge in [0.25, 0.3) is 0 Å². The zero-order valence-electron chi connectivity index (χ0n) is 7.49. The maximum atomic E-state index is 11.1. The van der Waals surface area contributed by atoms with Gasteiger partial charge in [-0.1, -0.05) is 6.58 Å². The van der Waals surface area contributed by atoms with Crippen LogP contribution < -0.4 is 0 Å². The molecule has 0 aromatic heterocycles. The third-order valence-corrected chi connectivity index (χ3v) is 1.94. The van der Waals surface area contributed by atoms with Gasteiger partial charge in [-0.25, -0.2) is 4.79 Å². The summed E-state index contributed by atoms with van der Waals surface area (Å²) in [6.45, 7) is 4.81. The van der Waals surface area contributed by atoms with Crippen molar-refractivity contribution in [2.45, 2.75) is 12.8 Å². The first kappa shape index (κ1) is 9.77. The van der Waals surface area contributed by atoms with Crippen LogP contribution in [0.4, 0.5) is 0 Å². The molecule has 1 amide bonds. The molecule has 1 heterocycles. The van der Waals surface area contributed by atoms with Crippen molar-refractivity contribution in [3.8, 4) is 0 Å². The molecule has 0 atom stereocenters. The second-order valence-electron chi connectivity index (χ2n) is 2.86. The van der Waals surface area contributed by atoms with Crippen molar-refractivity contribution in [2.75, 3.05) is 19.7 Å². The Hall–Kier alpha value is -1.32. The van der Waals surface area contributed by atoms with Crippen LogP contribution in [0, 0.1) is 0 Å². The number of carbonyl (C=O) groups is 2. The number of rotatable bonds is 4. The Morgan fingerprint density at radius 1 is 1.69 bits per heavy atom.